The Labute approximate surface area is 119 Å². The fourth-order valence-corrected chi connectivity index (χ4v) is 2.82. The van der Waals surface area contributed by atoms with E-state index in [0.717, 1.165) is 18.6 Å². The van der Waals surface area contributed by atoms with Crippen molar-refractivity contribution in [3.05, 3.63) is 65.2 Å². The topological polar surface area (TPSA) is 47.3 Å². The predicted octanol–water partition coefficient (Wildman–Crippen LogP) is 2.76. The summed E-state index contributed by atoms with van der Waals surface area (Å²) in [6.45, 7) is 2.16. The first-order valence-electron chi connectivity index (χ1n) is 7.11. The lowest BCUT2D eigenvalue weighted by molar-refractivity contribution is 0.179. The molecule has 3 rings (SSSR count). The molecule has 0 saturated carbocycles. The van der Waals surface area contributed by atoms with Gasteiger partial charge >= 0.3 is 0 Å². The molecule has 2 aromatic carbocycles. The van der Waals surface area contributed by atoms with E-state index in [0.29, 0.717) is 0 Å². The Hall–Kier alpha value is -1.84. The normalized spacial score (nSPS) is 18.4. The number of hydrazine groups is 1. The number of hydrogen-bond donors (Lipinski definition) is 2. The number of hydrogen-bond acceptors (Lipinski definition) is 3. The van der Waals surface area contributed by atoms with Crippen LogP contribution in [0.2, 0.25) is 0 Å². The highest BCUT2D eigenvalue weighted by Gasteiger charge is 2.30. The molecule has 3 N–H and O–H groups in total. The lowest BCUT2D eigenvalue weighted by Gasteiger charge is -2.23. The zero-order valence-electron chi connectivity index (χ0n) is 11.7. The zero-order valence-corrected chi connectivity index (χ0v) is 11.7. The van der Waals surface area contributed by atoms with Crippen molar-refractivity contribution in [3.8, 4) is 5.75 Å². The van der Waals surface area contributed by atoms with Crippen molar-refractivity contribution in [3.63, 3.8) is 0 Å². The van der Waals surface area contributed by atoms with Crippen LogP contribution in [0.5, 0.6) is 5.75 Å². The molecule has 1 aliphatic heterocycles. The summed E-state index contributed by atoms with van der Waals surface area (Å²) in [7, 11) is 0. The summed E-state index contributed by atoms with van der Waals surface area (Å²) in [5, 5.41) is 0. The van der Waals surface area contributed by atoms with Gasteiger partial charge in [-0.3, -0.25) is 5.84 Å². The largest absolute Gasteiger partial charge is 0.488 e. The Bertz CT molecular complexity index is 572. The number of para-hydroxylation sites is 1. The van der Waals surface area contributed by atoms with Gasteiger partial charge in [0.15, 0.2) is 0 Å². The molecule has 0 radical (unpaired) electrons. The minimum atomic E-state index is 0.00824. The SMILES string of the molecule is CCc1cccc(C(NN)C2Cc3ccccc3O2)c1. The molecule has 1 aliphatic rings. The van der Waals surface area contributed by atoms with E-state index in [9.17, 15) is 0 Å². The van der Waals surface area contributed by atoms with Gasteiger partial charge in [-0.25, -0.2) is 5.43 Å². The molecule has 0 fully saturated rings. The van der Waals surface area contributed by atoms with Gasteiger partial charge in [0, 0.05) is 6.42 Å². The molecule has 1 heterocycles. The highest BCUT2D eigenvalue weighted by molar-refractivity contribution is 5.39. The van der Waals surface area contributed by atoms with Crippen LogP contribution in [0, 0.1) is 0 Å². The minimum absolute atomic E-state index is 0.00824. The molecule has 2 aromatic rings. The average Bonchev–Trinajstić information content (AvgIpc) is 2.91. The number of nitrogens with two attached hydrogens (primary N) is 1. The van der Waals surface area contributed by atoms with E-state index < -0.39 is 0 Å². The summed E-state index contributed by atoms with van der Waals surface area (Å²) in [6, 6.07) is 16.7. The molecule has 0 amide bonds. The van der Waals surface area contributed by atoms with Gasteiger partial charge in [-0.15, -0.1) is 0 Å². The maximum atomic E-state index is 6.05. The minimum Gasteiger partial charge on any atom is -0.488 e. The van der Waals surface area contributed by atoms with E-state index in [-0.39, 0.29) is 12.1 Å². The number of fused-ring (bicyclic) bond motifs is 1. The van der Waals surface area contributed by atoms with Crippen molar-refractivity contribution in [2.45, 2.75) is 31.9 Å². The summed E-state index contributed by atoms with van der Waals surface area (Å²) in [6.07, 6.45) is 1.96. The Kier molecular flexibility index (Phi) is 3.72. The number of benzene rings is 2. The van der Waals surface area contributed by atoms with Crippen LogP contribution in [0.4, 0.5) is 0 Å². The quantitative estimate of drug-likeness (QED) is 0.662. The van der Waals surface area contributed by atoms with E-state index in [1.54, 1.807) is 0 Å². The van der Waals surface area contributed by atoms with Gasteiger partial charge < -0.3 is 4.74 Å². The van der Waals surface area contributed by atoms with E-state index >= 15 is 0 Å². The molecule has 2 atom stereocenters. The molecule has 3 nitrogen and oxygen atoms in total. The predicted molar refractivity (Wildman–Crippen MR) is 80.4 cm³/mol. The molecule has 3 heteroatoms. The number of nitrogens with one attached hydrogen (secondary N) is 1. The second kappa shape index (κ2) is 5.65. The number of ether oxygens (including phenoxy) is 1. The first kappa shape index (κ1) is 13.2. The van der Waals surface area contributed by atoms with Crippen molar-refractivity contribution in [1.82, 2.24) is 5.43 Å². The van der Waals surface area contributed by atoms with Gasteiger partial charge in [0.25, 0.3) is 0 Å². The Morgan fingerprint density at radius 3 is 2.85 bits per heavy atom. The molecule has 0 aromatic heterocycles. The van der Waals surface area contributed by atoms with Crippen LogP contribution in [-0.2, 0) is 12.8 Å². The molecule has 2 unspecified atom stereocenters. The first-order chi connectivity index (χ1) is 9.81. The molecule has 0 bridgehead atoms. The Morgan fingerprint density at radius 1 is 1.25 bits per heavy atom. The second-order valence-electron chi connectivity index (χ2n) is 5.21. The maximum Gasteiger partial charge on any atom is 0.124 e. The van der Waals surface area contributed by atoms with Gasteiger partial charge in [-0.2, -0.15) is 0 Å². The molecular weight excluding hydrogens is 248 g/mol. The molecule has 0 saturated heterocycles. The van der Waals surface area contributed by atoms with Gasteiger partial charge in [-0.1, -0.05) is 49.4 Å². The van der Waals surface area contributed by atoms with E-state index in [4.69, 9.17) is 10.6 Å². The summed E-state index contributed by atoms with van der Waals surface area (Å²) in [4.78, 5) is 0. The fourth-order valence-electron chi connectivity index (χ4n) is 2.82. The lowest BCUT2D eigenvalue weighted by atomic mass is 9.96. The standard InChI is InChI=1S/C17H20N2O/c1-2-12-6-5-8-14(10-12)17(19-18)16-11-13-7-3-4-9-15(13)20-16/h3-10,16-17,19H,2,11,18H2,1H3. The van der Waals surface area contributed by atoms with Crippen molar-refractivity contribution >= 4 is 0 Å². The van der Waals surface area contributed by atoms with Gasteiger partial charge in [0.1, 0.15) is 11.9 Å². The maximum absolute atomic E-state index is 6.05. The van der Waals surface area contributed by atoms with Gasteiger partial charge in [0.2, 0.25) is 0 Å². The average molecular weight is 268 g/mol. The van der Waals surface area contributed by atoms with Crippen molar-refractivity contribution < 1.29 is 4.74 Å². The van der Waals surface area contributed by atoms with Crippen LogP contribution in [0.1, 0.15) is 29.7 Å². The van der Waals surface area contributed by atoms with E-state index in [2.05, 4.69) is 42.7 Å². The van der Waals surface area contributed by atoms with E-state index in [1.807, 2.05) is 18.2 Å². The van der Waals surface area contributed by atoms with Crippen LogP contribution < -0.4 is 16.0 Å². The Balaban J connectivity index is 1.85. The third-order valence-corrected chi connectivity index (χ3v) is 3.94. The number of aryl methyl sites for hydroxylation is 1. The molecule has 104 valence electrons. The van der Waals surface area contributed by atoms with E-state index in [1.165, 1.54) is 16.7 Å². The molecule has 0 aliphatic carbocycles. The molecular formula is C17H20N2O. The molecule has 20 heavy (non-hydrogen) atoms. The zero-order chi connectivity index (χ0) is 13.9. The highest BCUT2D eigenvalue weighted by Crippen LogP contribution is 2.33. The highest BCUT2D eigenvalue weighted by atomic mass is 16.5. The second-order valence-corrected chi connectivity index (χ2v) is 5.21. The van der Waals surface area contributed by atoms with Crippen molar-refractivity contribution in [2.75, 3.05) is 0 Å². The van der Waals surface area contributed by atoms with Crippen LogP contribution in [-0.4, -0.2) is 6.10 Å². The lowest BCUT2D eigenvalue weighted by Crippen LogP contribution is -2.38. The summed E-state index contributed by atoms with van der Waals surface area (Å²) in [5.41, 5.74) is 6.68. The van der Waals surface area contributed by atoms with Crippen molar-refractivity contribution in [1.29, 1.82) is 0 Å². The molecule has 0 spiro atoms. The first-order valence-corrected chi connectivity index (χ1v) is 7.11. The third kappa shape index (κ3) is 2.42. The van der Waals surface area contributed by atoms with Crippen LogP contribution >= 0.6 is 0 Å². The van der Waals surface area contributed by atoms with Crippen molar-refractivity contribution in [2.24, 2.45) is 5.84 Å². The summed E-state index contributed by atoms with van der Waals surface area (Å²) < 4.78 is 6.05. The van der Waals surface area contributed by atoms with Crippen LogP contribution in [0.15, 0.2) is 48.5 Å². The third-order valence-electron chi connectivity index (χ3n) is 3.94. The summed E-state index contributed by atoms with van der Waals surface area (Å²) in [5.74, 6) is 6.76. The smallest absolute Gasteiger partial charge is 0.124 e. The number of rotatable bonds is 4. The van der Waals surface area contributed by atoms with Crippen LogP contribution in [0.25, 0.3) is 0 Å². The monoisotopic (exact) mass is 268 g/mol. The summed E-state index contributed by atoms with van der Waals surface area (Å²) >= 11 is 0. The van der Waals surface area contributed by atoms with Crippen LogP contribution in [0.3, 0.4) is 0 Å². The fraction of sp³-hybridized carbons (Fsp3) is 0.294. The Morgan fingerprint density at radius 2 is 2.10 bits per heavy atom. The van der Waals surface area contributed by atoms with Gasteiger partial charge in [0.05, 0.1) is 6.04 Å². The van der Waals surface area contributed by atoms with Gasteiger partial charge in [-0.05, 0) is 29.2 Å².